The Balaban J connectivity index is 2.17. The Labute approximate surface area is 117 Å². The third-order valence-corrected chi connectivity index (χ3v) is 4.88. The lowest BCUT2D eigenvalue weighted by Crippen LogP contribution is -2.50. The van der Waals surface area contributed by atoms with E-state index in [2.05, 4.69) is 22.9 Å². The lowest BCUT2D eigenvalue weighted by Gasteiger charge is -2.41. The normalized spacial score (nSPS) is 28.3. The first kappa shape index (κ1) is 14.0. The minimum atomic E-state index is -0.208. The SMILES string of the molecule is CCC1CCCCC1(N)Cc1ccc(F)c(Br)c1. The first-order valence-electron chi connectivity index (χ1n) is 6.78. The molecule has 0 spiro atoms. The molecule has 0 saturated heterocycles. The molecule has 1 fully saturated rings. The second-order valence-electron chi connectivity index (χ2n) is 5.51. The Morgan fingerprint density at radius 1 is 1.44 bits per heavy atom. The molecule has 1 saturated carbocycles. The number of halogens is 2. The van der Waals surface area contributed by atoms with Gasteiger partial charge in [0.05, 0.1) is 4.47 Å². The maximum Gasteiger partial charge on any atom is 0.137 e. The Morgan fingerprint density at radius 3 is 2.89 bits per heavy atom. The van der Waals surface area contributed by atoms with Crippen molar-refractivity contribution in [3.05, 3.63) is 34.1 Å². The minimum Gasteiger partial charge on any atom is -0.325 e. The van der Waals surface area contributed by atoms with Crippen molar-refractivity contribution in [3.8, 4) is 0 Å². The molecule has 1 nitrogen and oxygen atoms in total. The van der Waals surface area contributed by atoms with Gasteiger partial charge in [-0.05, 0) is 58.8 Å². The van der Waals surface area contributed by atoms with Crippen molar-refractivity contribution in [2.75, 3.05) is 0 Å². The molecule has 2 rings (SSSR count). The van der Waals surface area contributed by atoms with E-state index in [4.69, 9.17) is 5.73 Å². The summed E-state index contributed by atoms with van der Waals surface area (Å²) in [6.07, 6.45) is 6.82. The van der Waals surface area contributed by atoms with Gasteiger partial charge in [0, 0.05) is 5.54 Å². The fourth-order valence-corrected chi connectivity index (χ4v) is 3.64. The summed E-state index contributed by atoms with van der Waals surface area (Å²) in [6, 6.07) is 5.24. The van der Waals surface area contributed by atoms with E-state index in [1.807, 2.05) is 12.1 Å². The van der Waals surface area contributed by atoms with Crippen LogP contribution in [0.4, 0.5) is 4.39 Å². The molecule has 2 N–H and O–H groups in total. The summed E-state index contributed by atoms with van der Waals surface area (Å²) in [5.74, 6) is 0.385. The van der Waals surface area contributed by atoms with Crippen LogP contribution in [0, 0.1) is 11.7 Å². The average Bonchev–Trinajstić information content (AvgIpc) is 2.34. The van der Waals surface area contributed by atoms with Crippen molar-refractivity contribution >= 4 is 15.9 Å². The molecule has 1 aliphatic rings. The highest BCUT2D eigenvalue weighted by Crippen LogP contribution is 2.36. The van der Waals surface area contributed by atoms with Crippen LogP contribution >= 0.6 is 15.9 Å². The average molecular weight is 314 g/mol. The van der Waals surface area contributed by atoms with Gasteiger partial charge in [-0.3, -0.25) is 0 Å². The first-order valence-corrected chi connectivity index (χ1v) is 7.57. The smallest absolute Gasteiger partial charge is 0.137 e. The topological polar surface area (TPSA) is 26.0 Å². The van der Waals surface area contributed by atoms with E-state index < -0.39 is 0 Å². The Hall–Kier alpha value is -0.410. The third kappa shape index (κ3) is 2.94. The van der Waals surface area contributed by atoms with Crippen molar-refractivity contribution in [3.63, 3.8) is 0 Å². The summed E-state index contributed by atoms with van der Waals surface area (Å²) in [5, 5.41) is 0. The molecule has 0 amide bonds. The number of benzene rings is 1. The highest BCUT2D eigenvalue weighted by atomic mass is 79.9. The molecule has 1 aliphatic carbocycles. The van der Waals surface area contributed by atoms with E-state index in [0.29, 0.717) is 10.4 Å². The molecule has 0 bridgehead atoms. The van der Waals surface area contributed by atoms with Crippen molar-refractivity contribution < 1.29 is 4.39 Å². The molecule has 2 atom stereocenters. The molecule has 0 radical (unpaired) electrons. The molecule has 0 aliphatic heterocycles. The third-order valence-electron chi connectivity index (χ3n) is 4.27. The Bertz CT molecular complexity index is 421. The molecule has 1 aromatic carbocycles. The summed E-state index contributed by atoms with van der Waals surface area (Å²) in [5.41, 5.74) is 7.65. The van der Waals surface area contributed by atoms with Gasteiger partial charge in [-0.1, -0.05) is 32.3 Å². The lowest BCUT2D eigenvalue weighted by atomic mass is 9.69. The van der Waals surface area contributed by atoms with E-state index in [1.54, 1.807) is 0 Å². The van der Waals surface area contributed by atoms with Crippen molar-refractivity contribution in [2.45, 2.75) is 51.0 Å². The van der Waals surface area contributed by atoms with Crippen molar-refractivity contribution in [1.82, 2.24) is 0 Å². The monoisotopic (exact) mass is 313 g/mol. The van der Waals surface area contributed by atoms with E-state index in [0.717, 1.165) is 24.8 Å². The van der Waals surface area contributed by atoms with Crippen LogP contribution in [0.2, 0.25) is 0 Å². The Morgan fingerprint density at radius 2 is 2.22 bits per heavy atom. The van der Waals surface area contributed by atoms with Crippen molar-refractivity contribution in [2.24, 2.45) is 11.7 Å². The summed E-state index contributed by atoms with van der Waals surface area (Å²) < 4.78 is 13.8. The summed E-state index contributed by atoms with van der Waals surface area (Å²) in [6.45, 7) is 2.22. The molecule has 18 heavy (non-hydrogen) atoms. The lowest BCUT2D eigenvalue weighted by molar-refractivity contribution is 0.182. The number of rotatable bonds is 3. The van der Waals surface area contributed by atoms with Crippen LogP contribution in [0.25, 0.3) is 0 Å². The van der Waals surface area contributed by atoms with Gasteiger partial charge in [-0.25, -0.2) is 4.39 Å². The number of hydrogen-bond acceptors (Lipinski definition) is 1. The van der Waals surface area contributed by atoms with Gasteiger partial charge in [0.2, 0.25) is 0 Å². The van der Waals surface area contributed by atoms with Crippen LogP contribution in [0.1, 0.15) is 44.6 Å². The van der Waals surface area contributed by atoms with Gasteiger partial charge < -0.3 is 5.73 Å². The van der Waals surface area contributed by atoms with E-state index >= 15 is 0 Å². The van der Waals surface area contributed by atoms with E-state index in [1.165, 1.54) is 25.3 Å². The minimum absolute atomic E-state index is 0.107. The van der Waals surface area contributed by atoms with Crippen LogP contribution in [0.15, 0.2) is 22.7 Å². The number of nitrogens with two attached hydrogens (primary N) is 1. The second kappa shape index (κ2) is 5.70. The zero-order valence-corrected chi connectivity index (χ0v) is 12.5. The van der Waals surface area contributed by atoms with Gasteiger partial charge in [0.25, 0.3) is 0 Å². The standard InChI is InChI=1S/C15H21BrFN/c1-2-12-5-3-4-8-15(12,18)10-11-6-7-14(17)13(16)9-11/h6-7,9,12H,2-5,8,10,18H2,1H3. The zero-order valence-electron chi connectivity index (χ0n) is 10.9. The Kier molecular flexibility index (Phi) is 4.44. The van der Waals surface area contributed by atoms with Gasteiger partial charge in [0.1, 0.15) is 5.82 Å². The zero-order chi connectivity index (χ0) is 13.2. The first-order chi connectivity index (χ1) is 8.55. The summed E-state index contributed by atoms with van der Waals surface area (Å²) in [4.78, 5) is 0. The quantitative estimate of drug-likeness (QED) is 0.877. The van der Waals surface area contributed by atoms with Gasteiger partial charge >= 0.3 is 0 Å². The highest BCUT2D eigenvalue weighted by Gasteiger charge is 2.35. The van der Waals surface area contributed by atoms with Gasteiger partial charge in [-0.15, -0.1) is 0 Å². The molecule has 100 valence electrons. The van der Waals surface area contributed by atoms with Crippen LogP contribution in [0.3, 0.4) is 0 Å². The fraction of sp³-hybridized carbons (Fsp3) is 0.600. The number of hydrogen-bond donors (Lipinski definition) is 1. The van der Waals surface area contributed by atoms with Crippen LogP contribution in [0.5, 0.6) is 0 Å². The molecule has 0 aromatic heterocycles. The molecular weight excluding hydrogens is 293 g/mol. The molecule has 0 heterocycles. The molecule has 2 unspecified atom stereocenters. The van der Waals surface area contributed by atoms with Crippen LogP contribution in [-0.4, -0.2) is 5.54 Å². The molecule has 1 aromatic rings. The highest BCUT2D eigenvalue weighted by molar-refractivity contribution is 9.10. The predicted molar refractivity (Wildman–Crippen MR) is 77.0 cm³/mol. The van der Waals surface area contributed by atoms with Gasteiger partial charge in [0.15, 0.2) is 0 Å². The predicted octanol–water partition coefficient (Wildman–Crippen LogP) is 4.43. The molecule has 3 heteroatoms. The fourth-order valence-electron chi connectivity index (χ4n) is 3.21. The molecular formula is C15H21BrFN. The van der Waals surface area contributed by atoms with Crippen LogP contribution < -0.4 is 5.73 Å². The summed E-state index contributed by atoms with van der Waals surface area (Å²) in [7, 11) is 0. The largest absolute Gasteiger partial charge is 0.325 e. The van der Waals surface area contributed by atoms with E-state index in [-0.39, 0.29) is 11.4 Å². The van der Waals surface area contributed by atoms with Crippen molar-refractivity contribution in [1.29, 1.82) is 0 Å². The van der Waals surface area contributed by atoms with Crippen LogP contribution in [-0.2, 0) is 6.42 Å². The maximum atomic E-state index is 13.2. The van der Waals surface area contributed by atoms with E-state index in [9.17, 15) is 4.39 Å². The second-order valence-corrected chi connectivity index (χ2v) is 6.36. The van der Waals surface area contributed by atoms with Gasteiger partial charge in [-0.2, -0.15) is 0 Å². The summed E-state index contributed by atoms with van der Waals surface area (Å²) >= 11 is 3.24. The maximum absolute atomic E-state index is 13.2.